The number of carbonyl (C=O) groups is 1. The van der Waals surface area contributed by atoms with E-state index in [0.717, 1.165) is 29.1 Å². The van der Waals surface area contributed by atoms with Crippen LogP contribution in [0, 0.1) is 5.92 Å². The number of hydrogen-bond acceptors (Lipinski definition) is 6. The summed E-state index contributed by atoms with van der Waals surface area (Å²) < 4.78 is 6.01. The SMILES string of the molecule is CC1CN(Cc2nnc(-c3cc4c(s3)CCCC4)o2)c2ccccc2NC1=O. The first-order chi connectivity index (χ1) is 13.7. The second-order valence-electron chi connectivity index (χ2n) is 7.56. The molecule has 0 spiro atoms. The fourth-order valence-electron chi connectivity index (χ4n) is 3.95. The molecule has 6 nitrogen and oxygen atoms in total. The minimum atomic E-state index is -0.126. The van der Waals surface area contributed by atoms with Gasteiger partial charge in [0.15, 0.2) is 0 Å². The van der Waals surface area contributed by atoms with Crippen LogP contribution in [-0.4, -0.2) is 22.6 Å². The fraction of sp³-hybridized carbons (Fsp3) is 0.381. The summed E-state index contributed by atoms with van der Waals surface area (Å²) in [6, 6.07) is 10.0. The Bertz CT molecular complexity index is 1000. The predicted molar refractivity (Wildman–Crippen MR) is 110 cm³/mol. The van der Waals surface area contributed by atoms with Crippen LogP contribution >= 0.6 is 11.3 Å². The fourth-order valence-corrected chi connectivity index (χ4v) is 5.12. The van der Waals surface area contributed by atoms with E-state index in [-0.39, 0.29) is 11.8 Å². The molecule has 2 aromatic heterocycles. The maximum absolute atomic E-state index is 12.3. The zero-order chi connectivity index (χ0) is 19.1. The summed E-state index contributed by atoms with van der Waals surface area (Å²) in [6.07, 6.45) is 4.83. The van der Waals surface area contributed by atoms with E-state index in [0.29, 0.717) is 24.9 Å². The van der Waals surface area contributed by atoms with Gasteiger partial charge in [-0.2, -0.15) is 0 Å². The molecule has 1 aromatic carbocycles. The average Bonchev–Trinajstić information content (AvgIpc) is 3.31. The zero-order valence-electron chi connectivity index (χ0n) is 15.8. The third-order valence-corrected chi connectivity index (χ3v) is 6.67. The highest BCUT2D eigenvalue weighted by molar-refractivity contribution is 7.15. The average molecular weight is 395 g/mol. The lowest BCUT2D eigenvalue weighted by atomic mass is 9.99. The van der Waals surface area contributed by atoms with E-state index in [1.54, 1.807) is 11.3 Å². The van der Waals surface area contributed by atoms with Gasteiger partial charge in [-0.05, 0) is 49.4 Å². The highest BCUT2D eigenvalue weighted by Crippen LogP contribution is 2.36. The number of nitrogens with one attached hydrogen (secondary N) is 1. The lowest BCUT2D eigenvalue weighted by Crippen LogP contribution is -2.30. The predicted octanol–water partition coefficient (Wildman–Crippen LogP) is 4.27. The van der Waals surface area contributed by atoms with Gasteiger partial charge in [0.2, 0.25) is 11.8 Å². The number of aromatic nitrogens is 2. The molecule has 0 fully saturated rings. The number of nitrogens with zero attached hydrogens (tertiary/aromatic N) is 3. The largest absolute Gasteiger partial charge is 0.418 e. The summed E-state index contributed by atoms with van der Waals surface area (Å²) in [5, 5.41) is 11.6. The van der Waals surface area contributed by atoms with Crippen molar-refractivity contribution < 1.29 is 9.21 Å². The summed E-state index contributed by atoms with van der Waals surface area (Å²) in [6.45, 7) is 3.02. The third-order valence-electron chi connectivity index (χ3n) is 5.44. The number of fused-ring (bicyclic) bond motifs is 2. The quantitative estimate of drug-likeness (QED) is 0.718. The Balaban J connectivity index is 1.41. The molecule has 5 rings (SSSR count). The Morgan fingerprint density at radius 3 is 3.00 bits per heavy atom. The first kappa shape index (κ1) is 17.4. The summed E-state index contributed by atoms with van der Waals surface area (Å²) >= 11 is 1.78. The molecular formula is C21H22N4O2S. The molecule has 3 heterocycles. The Labute approximate surface area is 167 Å². The van der Waals surface area contributed by atoms with Crippen molar-refractivity contribution >= 4 is 28.6 Å². The van der Waals surface area contributed by atoms with Gasteiger partial charge in [0.1, 0.15) is 0 Å². The lowest BCUT2D eigenvalue weighted by Gasteiger charge is -2.23. The van der Waals surface area contributed by atoms with Gasteiger partial charge >= 0.3 is 0 Å². The van der Waals surface area contributed by atoms with E-state index in [2.05, 4.69) is 26.5 Å². The van der Waals surface area contributed by atoms with Gasteiger partial charge in [0.25, 0.3) is 5.89 Å². The molecule has 1 unspecified atom stereocenters. The van der Waals surface area contributed by atoms with Gasteiger partial charge in [-0.15, -0.1) is 21.5 Å². The number of amides is 1. The van der Waals surface area contributed by atoms with Crippen LogP contribution in [0.5, 0.6) is 0 Å². The molecule has 1 aliphatic heterocycles. The van der Waals surface area contributed by atoms with Crippen LogP contribution in [0.1, 0.15) is 36.1 Å². The maximum Gasteiger partial charge on any atom is 0.257 e. The molecule has 7 heteroatoms. The van der Waals surface area contributed by atoms with E-state index >= 15 is 0 Å². The highest BCUT2D eigenvalue weighted by Gasteiger charge is 2.26. The highest BCUT2D eigenvalue weighted by atomic mass is 32.1. The standard InChI is InChI=1S/C21H22N4O2S/c1-13-11-25(16-8-4-3-7-15(16)22-20(13)26)12-19-23-24-21(27-19)18-10-14-6-2-5-9-17(14)28-18/h3-4,7-8,10,13H,2,5-6,9,11-12H2,1H3,(H,22,26). The van der Waals surface area contributed by atoms with Gasteiger partial charge < -0.3 is 14.6 Å². The van der Waals surface area contributed by atoms with E-state index in [1.165, 1.54) is 23.3 Å². The molecule has 0 bridgehead atoms. The molecule has 3 aromatic rings. The number of para-hydroxylation sites is 2. The minimum Gasteiger partial charge on any atom is -0.418 e. The first-order valence-corrected chi connectivity index (χ1v) is 10.6. The number of thiophene rings is 1. The monoisotopic (exact) mass is 394 g/mol. The van der Waals surface area contributed by atoms with Crippen molar-refractivity contribution in [2.75, 3.05) is 16.8 Å². The summed E-state index contributed by atoms with van der Waals surface area (Å²) in [7, 11) is 0. The van der Waals surface area contributed by atoms with Crippen LogP contribution in [0.15, 0.2) is 34.7 Å². The van der Waals surface area contributed by atoms with Crippen LogP contribution in [0.2, 0.25) is 0 Å². The molecule has 144 valence electrons. The van der Waals surface area contributed by atoms with Crippen LogP contribution in [0.25, 0.3) is 10.8 Å². The number of carbonyl (C=O) groups excluding carboxylic acids is 1. The second kappa shape index (κ2) is 7.05. The van der Waals surface area contributed by atoms with E-state index in [1.807, 2.05) is 31.2 Å². The topological polar surface area (TPSA) is 71.3 Å². The first-order valence-electron chi connectivity index (χ1n) is 9.76. The minimum absolute atomic E-state index is 0.0327. The van der Waals surface area contributed by atoms with Crippen molar-refractivity contribution in [3.8, 4) is 10.8 Å². The van der Waals surface area contributed by atoms with Gasteiger partial charge in [0, 0.05) is 11.4 Å². The number of hydrogen-bond donors (Lipinski definition) is 1. The summed E-state index contributed by atoms with van der Waals surface area (Å²) in [4.78, 5) is 16.9. The van der Waals surface area contributed by atoms with Crippen molar-refractivity contribution in [2.24, 2.45) is 5.92 Å². The van der Waals surface area contributed by atoms with Crippen LogP contribution < -0.4 is 10.2 Å². The van der Waals surface area contributed by atoms with Crippen molar-refractivity contribution in [3.05, 3.63) is 46.7 Å². The number of anilines is 2. The van der Waals surface area contributed by atoms with Gasteiger partial charge in [-0.3, -0.25) is 4.79 Å². The molecule has 1 aliphatic carbocycles. The zero-order valence-corrected chi connectivity index (χ0v) is 16.6. The molecule has 0 saturated heterocycles. The maximum atomic E-state index is 12.3. The Morgan fingerprint density at radius 1 is 1.25 bits per heavy atom. The normalized spacial score (nSPS) is 19.0. The molecular weight excluding hydrogens is 372 g/mol. The van der Waals surface area contributed by atoms with Gasteiger partial charge in [-0.1, -0.05) is 19.1 Å². The van der Waals surface area contributed by atoms with Crippen LogP contribution in [0.3, 0.4) is 0 Å². The molecule has 1 amide bonds. The molecule has 1 atom stereocenters. The molecule has 28 heavy (non-hydrogen) atoms. The van der Waals surface area contributed by atoms with E-state index in [9.17, 15) is 4.79 Å². The number of benzene rings is 1. The van der Waals surface area contributed by atoms with E-state index < -0.39 is 0 Å². The van der Waals surface area contributed by atoms with Crippen molar-refractivity contribution in [1.29, 1.82) is 0 Å². The van der Waals surface area contributed by atoms with Crippen molar-refractivity contribution in [3.63, 3.8) is 0 Å². The van der Waals surface area contributed by atoms with E-state index in [4.69, 9.17) is 4.42 Å². The lowest BCUT2D eigenvalue weighted by molar-refractivity contribution is -0.119. The summed E-state index contributed by atoms with van der Waals surface area (Å²) in [5.41, 5.74) is 3.24. The Kier molecular flexibility index (Phi) is 4.39. The molecule has 2 aliphatic rings. The van der Waals surface area contributed by atoms with Gasteiger partial charge in [-0.25, -0.2) is 0 Å². The smallest absolute Gasteiger partial charge is 0.257 e. The van der Waals surface area contributed by atoms with Crippen molar-refractivity contribution in [1.82, 2.24) is 10.2 Å². The molecule has 0 radical (unpaired) electrons. The third kappa shape index (κ3) is 3.20. The van der Waals surface area contributed by atoms with Gasteiger partial charge in [0.05, 0.1) is 28.7 Å². The second-order valence-corrected chi connectivity index (χ2v) is 8.69. The van der Waals surface area contributed by atoms with Crippen molar-refractivity contribution in [2.45, 2.75) is 39.2 Å². The Morgan fingerprint density at radius 2 is 2.11 bits per heavy atom. The number of rotatable bonds is 3. The molecule has 1 N–H and O–H groups in total. The van der Waals surface area contributed by atoms with Crippen LogP contribution in [0.4, 0.5) is 11.4 Å². The van der Waals surface area contributed by atoms with Crippen LogP contribution in [-0.2, 0) is 24.2 Å². The Hall–Kier alpha value is -2.67. The summed E-state index contributed by atoms with van der Waals surface area (Å²) in [5.74, 6) is 1.07. The molecule has 0 saturated carbocycles. The number of aryl methyl sites for hydroxylation is 2.